The SMILES string of the molecule is Cc1nc(CN2CCCn3nc(CCC(=O)O)cc3C2)co1. The summed E-state index contributed by atoms with van der Waals surface area (Å²) in [6.45, 7) is 5.26. The zero-order valence-electron chi connectivity index (χ0n) is 12.7. The van der Waals surface area contributed by atoms with E-state index in [4.69, 9.17) is 9.52 Å². The van der Waals surface area contributed by atoms with E-state index in [9.17, 15) is 4.79 Å². The van der Waals surface area contributed by atoms with E-state index in [-0.39, 0.29) is 6.42 Å². The topological polar surface area (TPSA) is 84.4 Å². The van der Waals surface area contributed by atoms with Crippen molar-refractivity contribution in [3.05, 3.63) is 35.3 Å². The highest BCUT2D eigenvalue weighted by Crippen LogP contribution is 2.17. The molecule has 1 aliphatic rings. The van der Waals surface area contributed by atoms with E-state index in [1.165, 1.54) is 0 Å². The molecule has 118 valence electrons. The number of fused-ring (bicyclic) bond motifs is 1. The lowest BCUT2D eigenvalue weighted by molar-refractivity contribution is -0.136. The average Bonchev–Trinajstić information content (AvgIpc) is 2.99. The van der Waals surface area contributed by atoms with Crippen LogP contribution in [0.25, 0.3) is 0 Å². The maximum atomic E-state index is 10.7. The van der Waals surface area contributed by atoms with Crippen molar-refractivity contribution in [2.45, 2.75) is 45.8 Å². The number of rotatable bonds is 5. The summed E-state index contributed by atoms with van der Waals surface area (Å²) in [5.41, 5.74) is 2.94. The van der Waals surface area contributed by atoms with Crippen LogP contribution in [0.15, 0.2) is 16.7 Å². The van der Waals surface area contributed by atoms with Gasteiger partial charge in [0.25, 0.3) is 0 Å². The second-order valence-corrected chi connectivity index (χ2v) is 5.67. The van der Waals surface area contributed by atoms with E-state index < -0.39 is 5.97 Å². The summed E-state index contributed by atoms with van der Waals surface area (Å²) in [5, 5.41) is 13.3. The van der Waals surface area contributed by atoms with Crippen molar-refractivity contribution >= 4 is 5.97 Å². The number of oxazole rings is 1. The van der Waals surface area contributed by atoms with E-state index in [0.29, 0.717) is 12.3 Å². The summed E-state index contributed by atoms with van der Waals surface area (Å²) in [5.74, 6) is -0.1000. The highest BCUT2D eigenvalue weighted by Gasteiger charge is 2.18. The summed E-state index contributed by atoms with van der Waals surface area (Å²) >= 11 is 0. The Morgan fingerprint density at radius 2 is 2.27 bits per heavy atom. The number of carboxylic acid groups (broad SMARTS) is 1. The summed E-state index contributed by atoms with van der Waals surface area (Å²) < 4.78 is 7.26. The minimum Gasteiger partial charge on any atom is -0.481 e. The molecule has 2 aromatic rings. The number of aliphatic carboxylic acids is 1. The number of nitrogens with zero attached hydrogens (tertiary/aromatic N) is 4. The summed E-state index contributed by atoms with van der Waals surface area (Å²) in [6.07, 6.45) is 3.33. The lowest BCUT2D eigenvalue weighted by Crippen LogP contribution is -2.22. The number of hydrogen-bond donors (Lipinski definition) is 1. The van der Waals surface area contributed by atoms with Crippen LogP contribution in [0.1, 0.15) is 35.8 Å². The van der Waals surface area contributed by atoms with Crippen molar-refractivity contribution in [1.29, 1.82) is 0 Å². The van der Waals surface area contributed by atoms with Crippen LogP contribution in [0.5, 0.6) is 0 Å². The fourth-order valence-corrected chi connectivity index (χ4v) is 2.79. The maximum Gasteiger partial charge on any atom is 0.303 e. The standard InChI is InChI=1S/C15H20N4O3/c1-11-16-13(10-22-11)8-18-5-2-6-19-14(9-18)7-12(17-19)3-4-15(20)21/h7,10H,2-6,8-9H2,1H3,(H,20,21). The van der Waals surface area contributed by atoms with E-state index in [2.05, 4.69) is 15.0 Å². The minimum atomic E-state index is -0.786. The molecule has 0 bridgehead atoms. The summed E-state index contributed by atoms with van der Waals surface area (Å²) in [4.78, 5) is 17.3. The predicted octanol–water partition coefficient (Wildman–Crippen LogP) is 1.60. The lowest BCUT2D eigenvalue weighted by Gasteiger charge is -2.17. The van der Waals surface area contributed by atoms with Gasteiger partial charge in [-0.15, -0.1) is 0 Å². The zero-order valence-corrected chi connectivity index (χ0v) is 12.7. The average molecular weight is 304 g/mol. The third kappa shape index (κ3) is 3.54. The van der Waals surface area contributed by atoms with Gasteiger partial charge in [-0.1, -0.05) is 0 Å². The normalized spacial score (nSPS) is 15.5. The molecule has 22 heavy (non-hydrogen) atoms. The number of carboxylic acids is 1. The Balaban J connectivity index is 1.67. The number of aryl methyl sites for hydroxylation is 3. The minimum absolute atomic E-state index is 0.123. The molecule has 0 fully saturated rings. The zero-order chi connectivity index (χ0) is 15.5. The Labute approximate surface area is 128 Å². The molecule has 0 atom stereocenters. The predicted molar refractivity (Wildman–Crippen MR) is 78.2 cm³/mol. The third-order valence-corrected chi connectivity index (χ3v) is 3.79. The first kappa shape index (κ1) is 14.8. The smallest absolute Gasteiger partial charge is 0.303 e. The molecule has 0 amide bonds. The van der Waals surface area contributed by atoms with Gasteiger partial charge in [-0.3, -0.25) is 14.4 Å². The fraction of sp³-hybridized carbons (Fsp3) is 0.533. The summed E-state index contributed by atoms with van der Waals surface area (Å²) in [7, 11) is 0. The highest BCUT2D eigenvalue weighted by molar-refractivity contribution is 5.66. The molecule has 0 spiro atoms. The van der Waals surface area contributed by atoms with E-state index in [1.807, 2.05) is 17.7 Å². The molecule has 7 nitrogen and oxygen atoms in total. The first-order valence-corrected chi connectivity index (χ1v) is 7.51. The van der Waals surface area contributed by atoms with Gasteiger partial charge in [0.2, 0.25) is 0 Å². The van der Waals surface area contributed by atoms with Gasteiger partial charge in [0.15, 0.2) is 5.89 Å². The van der Waals surface area contributed by atoms with Gasteiger partial charge in [0.1, 0.15) is 6.26 Å². The Kier molecular flexibility index (Phi) is 4.24. The van der Waals surface area contributed by atoms with Crippen LogP contribution in [0.3, 0.4) is 0 Å². The van der Waals surface area contributed by atoms with Gasteiger partial charge >= 0.3 is 5.97 Å². The van der Waals surface area contributed by atoms with Crippen LogP contribution < -0.4 is 0 Å². The third-order valence-electron chi connectivity index (χ3n) is 3.79. The molecule has 0 radical (unpaired) electrons. The van der Waals surface area contributed by atoms with E-state index in [0.717, 1.165) is 49.7 Å². The van der Waals surface area contributed by atoms with E-state index in [1.54, 1.807) is 6.26 Å². The second-order valence-electron chi connectivity index (χ2n) is 5.67. The monoisotopic (exact) mass is 304 g/mol. The molecule has 3 heterocycles. The van der Waals surface area contributed by atoms with Gasteiger partial charge < -0.3 is 9.52 Å². The molecular weight excluding hydrogens is 284 g/mol. The maximum absolute atomic E-state index is 10.7. The molecule has 0 aromatic carbocycles. The second kappa shape index (κ2) is 6.31. The summed E-state index contributed by atoms with van der Waals surface area (Å²) in [6, 6.07) is 2.02. The Hall–Kier alpha value is -2.15. The van der Waals surface area contributed by atoms with Gasteiger partial charge in [-0.05, 0) is 12.5 Å². The number of aromatic nitrogens is 3. The first-order valence-electron chi connectivity index (χ1n) is 7.51. The highest BCUT2D eigenvalue weighted by atomic mass is 16.4. The molecular formula is C15H20N4O3. The quantitative estimate of drug-likeness (QED) is 0.903. The van der Waals surface area contributed by atoms with Gasteiger partial charge in [0, 0.05) is 39.5 Å². The Morgan fingerprint density at radius 3 is 3.00 bits per heavy atom. The fourth-order valence-electron chi connectivity index (χ4n) is 2.79. The van der Waals surface area contributed by atoms with Crippen molar-refractivity contribution in [3.8, 4) is 0 Å². The van der Waals surface area contributed by atoms with Crippen LogP contribution in [0.2, 0.25) is 0 Å². The van der Waals surface area contributed by atoms with E-state index >= 15 is 0 Å². The van der Waals surface area contributed by atoms with Crippen LogP contribution in [-0.4, -0.2) is 37.3 Å². The van der Waals surface area contributed by atoms with Gasteiger partial charge in [0.05, 0.1) is 23.5 Å². The molecule has 7 heteroatoms. The van der Waals surface area contributed by atoms with Crippen molar-refractivity contribution in [3.63, 3.8) is 0 Å². The molecule has 0 aliphatic carbocycles. The van der Waals surface area contributed by atoms with Crippen LogP contribution in [0.4, 0.5) is 0 Å². The molecule has 2 aromatic heterocycles. The van der Waals surface area contributed by atoms with Gasteiger partial charge in [-0.2, -0.15) is 5.10 Å². The van der Waals surface area contributed by atoms with Crippen LogP contribution in [0, 0.1) is 6.92 Å². The molecule has 0 saturated heterocycles. The lowest BCUT2D eigenvalue weighted by atomic mass is 10.2. The van der Waals surface area contributed by atoms with Crippen molar-refractivity contribution in [2.75, 3.05) is 6.54 Å². The number of hydrogen-bond acceptors (Lipinski definition) is 5. The van der Waals surface area contributed by atoms with Crippen LogP contribution in [-0.2, 0) is 30.8 Å². The molecule has 1 N–H and O–H groups in total. The molecule has 0 unspecified atom stereocenters. The molecule has 3 rings (SSSR count). The Bertz CT molecular complexity index is 662. The largest absolute Gasteiger partial charge is 0.481 e. The van der Waals surface area contributed by atoms with Crippen molar-refractivity contribution in [1.82, 2.24) is 19.7 Å². The van der Waals surface area contributed by atoms with Crippen molar-refractivity contribution < 1.29 is 14.3 Å². The number of carbonyl (C=O) groups is 1. The first-order chi connectivity index (χ1) is 10.6. The molecule has 1 aliphatic heterocycles. The molecule has 0 saturated carbocycles. The van der Waals surface area contributed by atoms with Crippen molar-refractivity contribution in [2.24, 2.45) is 0 Å². The van der Waals surface area contributed by atoms with Crippen LogP contribution >= 0.6 is 0 Å². The van der Waals surface area contributed by atoms with Gasteiger partial charge in [-0.25, -0.2) is 4.98 Å². The Morgan fingerprint density at radius 1 is 1.41 bits per heavy atom.